The number of aliphatic hydroxyl groups excluding tert-OH is 4. The molecule has 7 aliphatic carbocycles. The third kappa shape index (κ3) is 45.8. The number of anilines is 1. The summed E-state index contributed by atoms with van der Waals surface area (Å²) >= 11 is 0. The van der Waals surface area contributed by atoms with Crippen molar-refractivity contribution in [3.8, 4) is 63.9 Å². The highest BCUT2D eigenvalue weighted by atomic mass is 32.2. The third-order valence-electron chi connectivity index (χ3n) is 26.9. The lowest BCUT2D eigenvalue weighted by atomic mass is 9.87. The van der Waals surface area contributed by atoms with Crippen LogP contribution in [-0.2, 0) is 9.84 Å². The molecule has 0 radical (unpaired) electrons. The van der Waals surface area contributed by atoms with Crippen LogP contribution in [0.2, 0.25) is 0 Å². The predicted octanol–water partition coefficient (Wildman–Crippen LogP) is 29.6. The van der Waals surface area contributed by atoms with Crippen molar-refractivity contribution < 1.29 is 66.4 Å². The Morgan fingerprint density at radius 2 is 0.756 bits per heavy atom. The standard InChI is InChI=1S/C18H24O.C17H23FO.C17H27NO.2C17H26O3.C17H22O.C16H24O3S/c1-2-3-5-9-16-12-8-13-18(14-16)19-15-17-10-6-4-7-11-17;1-2-3-7-15-10-16(18)12-17(11-15)19-13-14-8-5-4-6-9-14;1-3-12-18(2)16-10-7-11-17(13-16)19-14-15-8-5-4-6-9-15;2*1-2-6-16(18)13-8-5-9-15(11-13)20-12-14-7-3-4-10-17(14)19;1-2-3-8-15-11-7-12-17(13-15)18-14-16-9-5-4-6-10-16;1-2-11-20(17,18)16-10-6-9-15(12-16)19-13-14-7-4-3-5-8-14/h8,12-14,17H,2-4,6-7,10-11,15H2,1H3;3,7,10-12,14H,2,4-6,8-9,13H2,1H3;7,10-11,13,15H,3-6,8-9,12,14H2,1-2H3;2*5,8-9,11,14,16-19H,2-4,6-7,10,12H2,1H3;7,11-13,16H,2,4-6,9-10,14H2,1H3;6,9-10,12,14H,2-5,7-8,11,13H2,1H3/b;7-3+;;;;;/t;;;14-,16+,17-;14-,16-,17+;;/m...01../s1. The van der Waals surface area contributed by atoms with Gasteiger partial charge in [0, 0.05) is 67.2 Å². The van der Waals surface area contributed by atoms with Crippen molar-refractivity contribution in [2.75, 3.05) is 70.5 Å². The van der Waals surface area contributed by atoms with Gasteiger partial charge < -0.3 is 58.5 Å². The van der Waals surface area contributed by atoms with Crippen LogP contribution in [0.25, 0.3) is 6.08 Å². The molecule has 7 fully saturated rings. The average Bonchev–Trinajstić information content (AvgIpc) is 0.834. The van der Waals surface area contributed by atoms with E-state index in [0.717, 1.165) is 197 Å². The summed E-state index contributed by atoms with van der Waals surface area (Å²) in [6.45, 7) is 20.8. The Kier molecular flexibility index (Phi) is 55.4. The highest BCUT2D eigenvalue weighted by Crippen LogP contribution is 2.35. The van der Waals surface area contributed by atoms with Crippen LogP contribution in [0.4, 0.5) is 10.1 Å². The highest BCUT2D eigenvalue weighted by Gasteiger charge is 2.27. The summed E-state index contributed by atoms with van der Waals surface area (Å²) in [7, 11) is -1.01. The number of benzene rings is 7. The van der Waals surface area contributed by atoms with Crippen molar-refractivity contribution in [1.82, 2.24) is 0 Å². The Balaban J connectivity index is 0.000000194. The predicted molar refractivity (Wildman–Crippen MR) is 556 cm³/mol. The molecule has 6 atom stereocenters. The van der Waals surface area contributed by atoms with Crippen LogP contribution >= 0.6 is 0 Å². The van der Waals surface area contributed by atoms with E-state index in [2.05, 4.69) is 114 Å². The van der Waals surface area contributed by atoms with Crippen molar-refractivity contribution in [2.24, 2.45) is 41.4 Å². The van der Waals surface area contributed by atoms with Gasteiger partial charge >= 0.3 is 0 Å². The first kappa shape index (κ1) is 112. The Morgan fingerprint density at radius 3 is 1.16 bits per heavy atom. The maximum absolute atomic E-state index is 13.5. The molecule has 7 saturated carbocycles. The van der Waals surface area contributed by atoms with Crippen LogP contribution in [0, 0.1) is 70.9 Å². The molecule has 135 heavy (non-hydrogen) atoms. The first-order chi connectivity index (χ1) is 65.9. The van der Waals surface area contributed by atoms with E-state index in [1.807, 2.05) is 116 Å². The molecule has 14 rings (SSSR count). The summed E-state index contributed by atoms with van der Waals surface area (Å²) in [4.78, 5) is 2.66. The van der Waals surface area contributed by atoms with Gasteiger partial charge in [-0.15, -0.1) is 0 Å². The number of hydrogen-bond acceptors (Lipinski definition) is 14. The first-order valence-corrected chi connectivity index (χ1v) is 54.6. The van der Waals surface area contributed by atoms with E-state index in [4.69, 9.17) is 33.2 Å². The lowest BCUT2D eigenvalue weighted by molar-refractivity contribution is 0.0419. The number of hydrogen-bond donors (Lipinski definition) is 4. The summed E-state index contributed by atoms with van der Waals surface area (Å²) in [6.07, 6.45) is 53.7. The number of sulfone groups is 1. The Labute approximate surface area is 816 Å². The molecule has 0 heterocycles. The quantitative estimate of drug-likeness (QED) is 0.0272. The van der Waals surface area contributed by atoms with Gasteiger partial charge in [-0.3, -0.25) is 0 Å². The molecular formula is C119H172FNO13S. The van der Waals surface area contributed by atoms with Gasteiger partial charge in [0.05, 0.1) is 81.3 Å². The van der Waals surface area contributed by atoms with Gasteiger partial charge in [0.15, 0.2) is 9.84 Å². The molecule has 0 amide bonds. The molecule has 14 nitrogen and oxygen atoms in total. The largest absolute Gasteiger partial charge is 0.493 e. The van der Waals surface area contributed by atoms with E-state index in [9.17, 15) is 33.2 Å². The summed E-state index contributed by atoms with van der Waals surface area (Å²) in [5.74, 6) is 22.5. The van der Waals surface area contributed by atoms with Crippen molar-refractivity contribution >= 4 is 21.6 Å². The zero-order valence-electron chi connectivity index (χ0n) is 84.1. The molecule has 0 aromatic heterocycles. The fourth-order valence-electron chi connectivity index (χ4n) is 18.8. The van der Waals surface area contributed by atoms with E-state index >= 15 is 0 Å². The van der Waals surface area contributed by atoms with Gasteiger partial charge in [0.2, 0.25) is 0 Å². The molecule has 7 aromatic carbocycles. The maximum atomic E-state index is 13.5. The maximum Gasteiger partial charge on any atom is 0.178 e. The second kappa shape index (κ2) is 66.9. The second-order valence-electron chi connectivity index (χ2n) is 38.7. The number of aliphatic hydroxyl groups is 4. The van der Waals surface area contributed by atoms with Crippen LogP contribution in [0.1, 0.15) is 365 Å². The van der Waals surface area contributed by atoms with Crippen LogP contribution in [0.5, 0.6) is 40.2 Å². The van der Waals surface area contributed by atoms with Gasteiger partial charge in [-0.05, 0) is 278 Å². The summed E-state index contributed by atoms with van der Waals surface area (Å²) in [5.41, 5.74) is 6.07. The summed E-state index contributed by atoms with van der Waals surface area (Å²) < 4.78 is 78.6. The van der Waals surface area contributed by atoms with Crippen LogP contribution < -0.4 is 38.1 Å². The lowest BCUT2D eigenvalue weighted by Crippen LogP contribution is -2.29. The molecular weight excluding hydrogens is 1700 g/mol. The highest BCUT2D eigenvalue weighted by molar-refractivity contribution is 7.91. The third-order valence-corrected chi connectivity index (χ3v) is 28.8. The van der Waals surface area contributed by atoms with E-state index in [1.54, 1.807) is 24.3 Å². The van der Waals surface area contributed by atoms with Crippen molar-refractivity contribution in [3.63, 3.8) is 0 Å². The first-order valence-electron chi connectivity index (χ1n) is 53.0. The number of nitrogens with zero attached hydrogens (tertiary/aromatic N) is 1. The second-order valence-corrected chi connectivity index (χ2v) is 40.8. The minimum atomic E-state index is -3.16. The fraction of sp³-hybridized carbons (Fsp3) is 0.597. The van der Waals surface area contributed by atoms with Crippen molar-refractivity contribution in [2.45, 2.75) is 354 Å². The number of ether oxygens (including phenoxy) is 7. The van der Waals surface area contributed by atoms with Gasteiger partial charge in [0.1, 0.15) is 46.1 Å². The Hall–Kier alpha value is -8.48. The number of rotatable bonds is 36. The molecule has 0 bridgehead atoms. The van der Waals surface area contributed by atoms with Gasteiger partial charge in [-0.2, -0.15) is 0 Å². The number of unbranched alkanes of at least 4 members (excludes halogenated alkanes) is 1. The Morgan fingerprint density at radius 1 is 0.385 bits per heavy atom. The monoisotopic (exact) mass is 1870 g/mol. The average molecular weight is 1880 g/mol. The molecule has 744 valence electrons. The molecule has 0 spiro atoms. The topological polar surface area (TPSA) is 183 Å². The van der Waals surface area contributed by atoms with Crippen LogP contribution in [0.3, 0.4) is 0 Å². The van der Waals surface area contributed by atoms with E-state index in [0.29, 0.717) is 54.5 Å². The normalized spacial score (nSPS) is 18.7. The van der Waals surface area contributed by atoms with E-state index < -0.39 is 22.0 Å². The fourth-order valence-corrected chi connectivity index (χ4v) is 20.1. The van der Waals surface area contributed by atoms with Crippen molar-refractivity contribution in [1.29, 1.82) is 0 Å². The van der Waals surface area contributed by atoms with E-state index in [1.165, 1.54) is 192 Å². The van der Waals surface area contributed by atoms with Crippen LogP contribution in [0.15, 0.2) is 175 Å². The van der Waals surface area contributed by atoms with Gasteiger partial charge in [-0.25, -0.2) is 12.8 Å². The molecule has 4 N–H and O–H groups in total. The molecule has 0 aliphatic heterocycles. The summed E-state index contributed by atoms with van der Waals surface area (Å²) in [5, 5.41) is 39.9. The van der Waals surface area contributed by atoms with Gasteiger partial charge in [-0.1, -0.05) is 268 Å². The van der Waals surface area contributed by atoms with E-state index in [-0.39, 0.29) is 35.6 Å². The number of halogens is 1. The molecule has 16 heteroatoms. The van der Waals surface area contributed by atoms with Gasteiger partial charge in [0.25, 0.3) is 0 Å². The summed E-state index contributed by atoms with van der Waals surface area (Å²) in [6, 6.07) is 52.0. The van der Waals surface area contributed by atoms with Crippen molar-refractivity contribution in [3.05, 3.63) is 204 Å². The van der Waals surface area contributed by atoms with Crippen LogP contribution in [-0.4, -0.2) is 107 Å². The Bertz CT molecular complexity index is 4520. The molecule has 0 unspecified atom stereocenters. The minimum Gasteiger partial charge on any atom is -0.493 e. The zero-order valence-corrected chi connectivity index (χ0v) is 84.9. The number of allylic oxidation sites excluding steroid dienone is 1. The molecule has 7 aromatic rings. The SMILES string of the molecule is CC/C=C/c1cc(F)cc(OCC2CCCCC2)c1.CCC#Cc1cccc(OCC2CCCCC2)c1.CCCC#Cc1cccc(OCC2CCCCC2)c1.CCCN(C)c1cccc(OCC2CCCCC2)c1.CCCS(=O)(=O)c1cccc(OCC2CCCCC2)c1.CCC[C@@H](O)c1cccc(OC[C@@H]2CCCC[C@@H]2O)c1.CCC[C@@H](O)c1cccc(OC[C@H]2CCCC[C@@H]2O)c1. The molecule has 7 aliphatic rings. The zero-order chi connectivity index (χ0) is 96.1. The lowest BCUT2D eigenvalue weighted by Gasteiger charge is -2.27. The minimum absolute atomic E-state index is 0.194. The molecule has 0 saturated heterocycles. The smallest absolute Gasteiger partial charge is 0.178 e.